The number of amides is 1. The molecule has 0 aromatic carbocycles. The summed E-state index contributed by atoms with van der Waals surface area (Å²) in [4.78, 5) is 17.5. The molecule has 1 amide bonds. The largest absolute Gasteiger partial charge is 0.383 e. The van der Waals surface area contributed by atoms with E-state index < -0.39 is 5.82 Å². The molecule has 1 fully saturated rings. The fourth-order valence-corrected chi connectivity index (χ4v) is 2.11. The quantitative estimate of drug-likeness (QED) is 0.855. The molecule has 2 N–H and O–H groups in total. The molecule has 0 aliphatic carbocycles. The molecule has 0 spiro atoms. The fraction of sp³-hybridized carbons (Fsp3) is 0.500. The van der Waals surface area contributed by atoms with Crippen molar-refractivity contribution >= 4 is 11.7 Å². The molecular weight excluding hydrogens is 237 g/mol. The number of pyridine rings is 1. The number of carbonyl (C=O) groups is 1. The maximum atomic E-state index is 13.1. The number of hydrogen-bond acceptors (Lipinski definition) is 4. The van der Waals surface area contributed by atoms with Crippen LogP contribution >= 0.6 is 0 Å². The van der Waals surface area contributed by atoms with Gasteiger partial charge in [0.15, 0.2) is 0 Å². The monoisotopic (exact) mass is 253 g/mol. The first-order valence-electron chi connectivity index (χ1n) is 5.85. The Balaban J connectivity index is 2.17. The highest BCUT2D eigenvalue weighted by atomic mass is 19.1. The number of likely N-dealkylation sites (tertiary alicyclic amines) is 1. The molecule has 1 atom stereocenters. The van der Waals surface area contributed by atoms with Crippen molar-refractivity contribution in [2.24, 2.45) is 0 Å². The summed E-state index contributed by atoms with van der Waals surface area (Å²) in [7, 11) is 1.62. The first kappa shape index (κ1) is 12.8. The molecule has 1 saturated heterocycles. The smallest absolute Gasteiger partial charge is 0.257 e. The van der Waals surface area contributed by atoms with Gasteiger partial charge in [-0.3, -0.25) is 4.79 Å². The van der Waals surface area contributed by atoms with Crippen LogP contribution in [0.5, 0.6) is 0 Å². The second-order valence-electron chi connectivity index (χ2n) is 4.34. The molecule has 1 aromatic heterocycles. The van der Waals surface area contributed by atoms with Gasteiger partial charge in [-0.15, -0.1) is 0 Å². The number of nitrogens with zero attached hydrogens (tertiary/aromatic N) is 2. The number of ether oxygens (including phenoxy) is 1. The molecule has 0 bridgehead atoms. The Morgan fingerprint density at radius 1 is 1.67 bits per heavy atom. The van der Waals surface area contributed by atoms with Crippen LogP contribution in [0.2, 0.25) is 0 Å². The summed E-state index contributed by atoms with van der Waals surface area (Å²) in [6.07, 6.45) is 2.83. The highest BCUT2D eigenvalue weighted by Gasteiger charge is 2.25. The number of piperidine rings is 1. The van der Waals surface area contributed by atoms with E-state index in [1.165, 1.54) is 0 Å². The number of methoxy groups -OCH3 is 1. The minimum absolute atomic E-state index is 0.0328. The maximum Gasteiger partial charge on any atom is 0.257 e. The van der Waals surface area contributed by atoms with E-state index >= 15 is 0 Å². The van der Waals surface area contributed by atoms with E-state index in [1.54, 1.807) is 12.0 Å². The third kappa shape index (κ3) is 2.59. The van der Waals surface area contributed by atoms with Crippen LogP contribution in [0.4, 0.5) is 10.2 Å². The van der Waals surface area contributed by atoms with Crippen LogP contribution in [-0.4, -0.2) is 42.1 Å². The lowest BCUT2D eigenvalue weighted by atomic mass is 10.1. The first-order chi connectivity index (χ1) is 8.61. The van der Waals surface area contributed by atoms with Gasteiger partial charge in [0.2, 0.25) is 0 Å². The normalized spacial score (nSPS) is 19.9. The molecule has 1 aliphatic rings. The number of carbonyl (C=O) groups excluding carboxylic acids is 1. The van der Waals surface area contributed by atoms with Crippen molar-refractivity contribution in [3.05, 3.63) is 23.6 Å². The standard InChI is InChI=1S/C12H16FN3O2/c1-18-9-3-2-4-16(7-9)12(17)10-5-8(13)6-15-11(10)14/h5-6,9H,2-4,7H2,1H3,(H2,14,15). The van der Waals surface area contributed by atoms with Gasteiger partial charge in [-0.25, -0.2) is 9.37 Å². The lowest BCUT2D eigenvalue weighted by Crippen LogP contribution is -2.43. The number of hydrogen-bond donors (Lipinski definition) is 1. The van der Waals surface area contributed by atoms with E-state index in [9.17, 15) is 9.18 Å². The number of halogens is 1. The number of aromatic nitrogens is 1. The number of nitrogens with two attached hydrogens (primary N) is 1. The zero-order valence-corrected chi connectivity index (χ0v) is 10.2. The van der Waals surface area contributed by atoms with E-state index in [1.807, 2.05) is 0 Å². The third-order valence-corrected chi connectivity index (χ3v) is 3.11. The lowest BCUT2D eigenvalue weighted by Gasteiger charge is -2.32. The summed E-state index contributed by atoms with van der Waals surface area (Å²) in [6, 6.07) is 1.13. The zero-order valence-electron chi connectivity index (χ0n) is 10.2. The van der Waals surface area contributed by atoms with Gasteiger partial charge in [0, 0.05) is 20.2 Å². The summed E-state index contributed by atoms with van der Waals surface area (Å²) in [5.41, 5.74) is 5.73. The van der Waals surface area contributed by atoms with Crippen LogP contribution in [0, 0.1) is 5.82 Å². The van der Waals surface area contributed by atoms with Crippen molar-refractivity contribution in [1.82, 2.24) is 9.88 Å². The van der Waals surface area contributed by atoms with Gasteiger partial charge in [0.25, 0.3) is 5.91 Å². The van der Waals surface area contributed by atoms with E-state index in [-0.39, 0.29) is 23.4 Å². The fourth-order valence-electron chi connectivity index (χ4n) is 2.11. The minimum atomic E-state index is -0.562. The van der Waals surface area contributed by atoms with E-state index in [2.05, 4.69) is 4.98 Å². The van der Waals surface area contributed by atoms with Gasteiger partial charge in [-0.2, -0.15) is 0 Å². The van der Waals surface area contributed by atoms with Crippen molar-refractivity contribution in [2.75, 3.05) is 25.9 Å². The van der Waals surface area contributed by atoms with Crippen molar-refractivity contribution in [3.8, 4) is 0 Å². The Hall–Kier alpha value is -1.69. The van der Waals surface area contributed by atoms with E-state index in [4.69, 9.17) is 10.5 Å². The van der Waals surface area contributed by atoms with E-state index in [0.29, 0.717) is 13.1 Å². The molecule has 1 unspecified atom stereocenters. The molecule has 1 aliphatic heterocycles. The molecule has 1 aromatic rings. The van der Waals surface area contributed by atoms with Gasteiger partial charge in [-0.1, -0.05) is 0 Å². The summed E-state index contributed by atoms with van der Waals surface area (Å²) >= 11 is 0. The van der Waals surface area contributed by atoms with Gasteiger partial charge in [0.05, 0.1) is 17.9 Å². The molecule has 2 heterocycles. The van der Waals surface area contributed by atoms with Crippen LogP contribution < -0.4 is 5.73 Å². The molecule has 6 heteroatoms. The summed E-state index contributed by atoms with van der Waals surface area (Å²) < 4.78 is 18.4. The van der Waals surface area contributed by atoms with Crippen LogP contribution in [0.25, 0.3) is 0 Å². The molecule has 0 radical (unpaired) electrons. The maximum absolute atomic E-state index is 13.1. The van der Waals surface area contributed by atoms with Crippen LogP contribution in [0.1, 0.15) is 23.2 Å². The van der Waals surface area contributed by atoms with Gasteiger partial charge in [0.1, 0.15) is 11.6 Å². The molecular formula is C12H16FN3O2. The molecule has 98 valence electrons. The van der Waals surface area contributed by atoms with Crippen LogP contribution in [-0.2, 0) is 4.74 Å². The SMILES string of the molecule is COC1CCCN(C(=O)c2cc(F)cnc2N)C1. The Bertz CT molecular complexity index is 453. The average molecular weight is 253 g/mol. The third-order valence-electron chi connectivity index (χ3n) is 3.11. The summed E-state index contributed by atoms with van der Waals surface area (Å²) in [5.74, 6) is -0.796. The van der Waals surface area contributed by atoms with E-state index in [0.717, 1.165) is 25.1 Å². The van der Waals surface area contributed by atoms with Crippen molar-refractivity contribution in [2.45, 2.75) is 18.9 Å². The van der Waals surface area contributed by atoms with Gasteiger partial charge < -0.3 is 15.4 Å². The molecule has 18 heavy (non-hydrogen) atoms. The second kappa shape index (κ2) is 5.30. The molecule has 5 nitrogen and oxygen atoms in total. The van der Waals surface area contributed by atoms with Crippen LogP contribution in [0.15, 0.2) is 12.3 Å². The number of nitrogen functional groups attached to an aromatic ring is 1. The predicted molar refractivity (Wildman–Crippen MR) is 64.5 cm³/mol. The van der Waals surface area contributed by atoms with Crippen molar-refractivity contribution in [3.63, 3.8) is 0 Å². The number of rotatable bonds is 2. The topological polar surface area (TPSA) is 68.5 Å². The van der Waals surface area contributed by atoms with Crippen molar-refractivity contribution in [1.29, 1.82) is 0 Å². The first-order valence-corrected chi connectivity index (χ1v) is 5.85. The Morgan fingerprint density at radius 3 is 3.17 bits per heavy atom. The van der Waals surface area contributed by atoms with Gasteiger partial charge in [-0.05, 0) is 18.9 Å². The average Bonchev–Trinajstić information content (AvgIpc) is 2.41. The highest BCUT2D eigenvalue weighted by Crippen LogP contribution is 2.18. The molecule has 2 rings (SSSR count). The summed E-state index contributed by atoms with van der Waals surface area (Å²) in [5, 5.41) is 0. The van der Waals surface area contributed by atoms with Crippen LogP contribution in [0.3, 0.4) is 0 Å². The Labute approximate surface area is 105 Å². The Morgan fingerprint density at radius 2 is 2.44 bits per heavy atom. The van der Waals surface area contributed by atoms with Gasteiger partial charge >= 0.3 is 0 Å². The number of anilines is 1. The zero-order chi connectivity index (χ0) is 13.1. The minimum Gasteiger partial charge on any atom is -0.383 e. The van der Waals surface area contributed by atoms with Crippen molar-refractivity contribution < 1.29 is 13.9 Å². The lowest BCUT2D eigenvalue weighted by molar-refractivity contribution is 0.0269. The highest BCUT2D eigenvalue weighted by molar-refractivity contribution is 5.98. The Kier molecular flexibility index (Phi) is 3.76. The summed E-state index contributed by atoms with van der Waals surface area (Å²) in [6.45, 7) is 1.14. The molecule has 0 saturated carbocycles. The predicted octanol–water partition coefficient (Wildman–Crippen LogP) is 1.05. The second-order valence-corrected chi connectivity index (χ2v) is 4.34.